The Hall–Kier alpha value is -1.52. The van der Waals surface area contributed by atoms with Crippen molar-refractivity contribution in [2.45, 2.75) is 32.7 Å². The van der Waals surface area contributed by atoms with Gasteiger partial charge in [0, 0.05) is 19.1 Å². The third-order valence-corrected chi connectivity index (χ3v) is 6.80. The van der Waals surface area contributed by atoms with Crippen molar-refractivity contribution < 1.29 is 23.1 Å². The molecule has 0 atom stereocenters. The topological polar surface area (TPSA) is 108 Å². The molecular formula is C14H21N3O5S2. The lowest BCUT2D eigenvalue weighted by Crippen LogP contribution is -2.50. The number of sulfonamides is 1. The molecule has 2 heterocycles. The third-order valence-electron chi connectivity index (χ3n) is 4.02. The Kier molecular flexibility index (Phi) is 5.94. The molecule has 24 heavy (non-hydrogen) atoms. The molecule has 1 aromatic heterocycles. The SMILES string of the molecule is CCS(=O)(=O)N1CCC(N(CC(=O)O)C(=O)c2cnc(C)s2)CC1. The van der Waals surface area contributed by atoms with Crippen LogP contribution in [0, 0.1) is 6.92 Å². The van der Waals surface area contributed by atoms with E-state index in [-0.39, 0.29) is 17.7 Å². The summed E-state index contributed by atoms with van der Waals surface area (Å²) in [4.78, 5) is 29.5. The van der Waals surface area contributed by atoms with Gasteiger partial charge in [-0.3, -0.25) is 9.59 Å². The van der Waals surface area contributed by atoms with Crippen LogP contribution in [0.4, 0.5) is 0 Å². The average Bonchev–Trinajstić information content (AvgIpc) is 2.98. The van der Waals surface area contributed by atoms with Gasteiger partial charge in [0.05, 0.1) is 17.0 Å². The number of hydrogen-bond donors (Lipinski definition) is 1. The van der Waals surface area contributed by atoms with Crippen LogP contribution >= 0.6 is 11.3 Å². The van der Waals surface area contributed by atoms with Gasteiger partial charge < -0.3 is 10.0 Å². The molecule has 0 aliphatic carbocycles. The number of carbonyl (C=O) groups excluding carboxylic acids is 1. The first-order valence-corrected chi connectivity index (χ1v) is 10.1. The summed E-state index contributed by atoms with van der Waals surface area (Å²) in [7, 11) is -3.26. The molecule has 0 unspecified atom stereocenters. The number of carboxylic acids is 1. The van der Waals surface area contributed by atoms with Gasteiger partial charge in [0.15, 0.2) is 0 Å². The fraction of sp³-hybridized carbons (Fsp3) is 0.643. The van der Waals surface area contributed by atoms with E-state index in [1.807, 2.05) is 0 Å². The Morgan fingerprint density at radius 2 is 2.04 bits per heavy atom. The second-order valence-corrected chi connectivity index (χ2v) is 9.09. The number of carbonyl (C=O) groups is 2. The van der Waals surface area contributed by atoms with Crippen molar-refractivity contribution in [1.82, 2.24) is 14.2 Å². The van der Waals surface area contributed by atoms with Crippen LogP contribution < -0.4 is 0 Å². The summed E-state index contributed by atoms with van der Waals surface area (Å²) in [6.45, 7) is 3.56. The molecule has 0 spiro atoms. The molecule has 1 aliphatic heterocycles. The van der Waals surface area contributed by atoms with Gasteiger partial charge in [-0.15, -0.1) is 11.3 Å². The highest BCUT2D eigenvalue weighted by molar-refractivity contribution is 7.89. The van der Waals surface area contributed by atoms with Gasteiger partial charge in [0.25, 0.3) is 5.91 Å². The van der Waals surface area contributed by atoms with E-state index < -0.39 is 22.5 Å². The summed E-state index contributed by atoms with van der Waals surface area (Å²) >= 11 is 1.22. The summed E-state index contributed by atoms with van der Waals surface area (Å²) in [5.41, 5.74) is 0. The quantitative estimate of drug-likeness (QED) is 0.788. The van der Waals surface area contributed by atoms with E-state index in [4.69, 9.17) is 5.11 Å². The molecule has 1 aliphatic rings. The minimum absolute atomic E-state index is 0.0373. The zero-order valence-electron chi connectivity index (χ0n) is 13.6. The highest BCUT2D eigenvalue weighted by Gasteiger charge is 2.33. The van der Waals surface area contributed by atoms with Crippen LogP contribution in [0.25, 0.3) is 0 Å². The van der Waals surface area contributed by atoms with Crippen molar-refractivity contribution in [3.05, 3.63) is 16.1 Å². The molecule has 0 aromatic carbocycles. The number of thiazole rings is 1. The Bertz CT molecular complexity index is 708. The van der Waals surface area contributed by atoms with Crippen molar-refractivity contribution >= 4 is 33.2 Å². The lowest BCUT2D eigenvalue weighted by atomic mass is 10.0. The minimum atomic E-state index is -3.26. The normalized spacial score (nSPS) is 16.9. The van der Waals surface area contributed by atoms with E-state index in [0.717, 1.165) is 5.01 Å². The van der Waals surface area contributed by atoms with Crippen LogP contribution in [-0.2, 0) is 14.8 Å². The molecule has 2 rings (SSSR count). The Morgan fingerprint density at radius 3 is 2.50 bits per heavy atom. The average molecular weight is 375 g/mol. The summed E-state index contributed by atoms with van der Waals surface area (Å²) in [5.74, 6) is -1.41. The van der Waals surface area contributed by atoms with Gasteiger partial charge >= 0.3 is 5.97 Å². The van der Waals surface area contributed by atoms with E-state index in [1.54, 1.807) is 13.8 Å². The highest BCUT2D eigenvalue weighted by Crippen LogP contribution is 2.23. The largest absolute Gasteiger partial charge is 0.480 e. The number of rotatable bonds is 6. The summed E-state index contributed by atoms with van der Waals surface area (Å²) < 4.78 is 25.2. The van der Waals surface area contributed by atoms with Gasteiger partial charge in [-0.25, -0.2) is 17.7 Å². The zero-order chi connectivity index (χ0) is 17.9. The number of carboxylic acid groups (broad SMARTS) is 1. The number of aliphatic carboxylic acids is 1. The lowest BCUT2D eigenvalue weighted by Gasteiger charge is -2.37. The fourth-order valence-electron chi connectivity index (χ4n) is 2.73. The van der Waals surface area contributed by atoms with Gasteiger partial charge in [-0.2, -0.15) is 0 Å². The van der Waals surface area contributed by atoms with E-state index in [0.29, 0.717) is 30.8 Å². The van der Waals surface area contributed by atoms with Gasteiger partial charge in [-0.05, 0) is 26.7 Å². The zero-order valence-corrected chi connectivity index (χ0v) is 15.3. The summed E-state index contributed by atoms with van der Waals surface area (Å²) in [6, 6.07) is -0.292. The molecule has 0 bridgehead atoms. The number of aromatic nitrogens is 1. The molecule has 1 saturated heterocycles. The van der Waals surface area contributed by atoms with E-state index >= 15 is 0 Å². The second-order valence-electron chi connectivity index (χ2n) is 5.60. The monoisotopic (exact) mass is 375 g/mol. The van der Waals surface area contributed by atoms with Crippen molar-refractivity contribution in [1.29, 1.82) is 0 Å². The van der Waals surface area contributed by atoms with Crippen LogP contribution in [0.5, 0.6) is 0 Å². The Morgan fingerprint density at radius 1 is 1.42 bits per heavy atom. The molecule has 134 valence electrons. The highest BCUT2D eigenvalue weighted by atomic mass is 32.2. The van der Waals surface area contributed by atoms with Crippen molar-refractivity contribution in [2.24, 2.45) is 0 Å². The van der Waals surface area contributed by atoms with Gasteiger partial charge in [0.2, 0.25) is 10.0 Å². The first-order chi connectivity index (χ1) is 11.2. The second kappa shape index (κ2) is 7.58. The maximum absolute atomic E-state index is 12.6. The van der Waals surface area contributed by atoms with E-state index in [2.05, 4.69) is 4.98 Å². The van der Waals surface area contributed by atoms with E-state index in [9.17, 15) is 18.0 Å². The van der Waals surface area contributed by atoms with Crippen LogP contribution in [0.2, 0.25) is 0 Å². The minimum Gasteiger partial charge on any atom is -0.480 e. The Balaban J connectivity index is 2.12. The maximum atomic E-state index is 12.6. The van der Waals surface area contributed by atoms with Crippen molar-refractivity contribution in [2.75, 3.05) is 25.4 Å². The van der Waals surface area contributed by atoms with Gasteiger partial charge in [-0.1, -0.05) is 0 Å². The maximum Gasteiger partial charge on any atom is 0.323 e. The number of amides is 1. The van der Waals surface area contributed by atoms with Crippen LogP contribution in [0.3, 0.4) is 0 Å². The predicted molar refractivity (Wildman–Crippen MR) is 89.6 cm³/mol. The van der Waals surface area contributed by atoms with Crippen LogP contribution in [0.15, 0.2) is 6.20 Å². The predicted octanol–water partition coefficient (Wildman–Crippen LogP) is 0.792. The van der Waals surface area contributed by atoms with Gasteiger partial charge in [0.1, 0.15) is 11.4 Å². The molecule has 10 heteroatoms. The molecule has 0 saturated carbocycles. The number of nitrogens with zero attached hydrogens (tertiary/aromatic N) is 3. The smallest absolute Gasteiger partial charge is 0.323 e. The molecule has 8 nitrogen and oxygen atoms in total. The third kappa shape index (κ3) is 4.31. The first kappa shape index (κ1) is 18.8. The van der Waals surface area contributed by atoms with Crippen molar-refractivity contribution in [3.63, 3.8) is 0 Å². The van der Waals surface area contributed by atoms with Crippen LogP contribution in [0.1, 0.15) is 34.4 Å². The van der Waals surface area contributed by atoms with Crippen molar-refractivity contribution in [3.8, 4) is 0 Å². The molecule has 1 amide bonds. The van der Waals surface area contributed by atoms with Crippen LogP contribution in [-0.4, -0.2) is 71.0 Å². The standard InChI is InChI=1S/C14H21N3O5S2/c1-3-24(21,22)16-6-4-11(5-7-16)17(9-13(18)19)14(20)12-8-15-10(2)23-12/h8,11H,3-7,9H2,1-2H3,(H,18,19). The fourth-order valence-corrected chi connectivity index (χ4v) is 4.59. The molecule has 0 radical (unpaired) electrons. The number of piperidine rings is 1. The Labute approximate surface area is 145 Å². The lowest BCUT2D eigenvalue weighted by molar-refractivity contribution is -0.138. The first-order valence-electron chi connectivity index (χ1n) is 7.67. The molecule has 1 fully saturated rings. The van der Waals surface area contributed by atoms with E-state index in [1.165, 1.54) is 26.7 Å². The molecular weight excluding hydrogens is 354 g/mol. The number of hydrogen-bond acceptors (Lipinski definition) is 6. The molecule has 1 N–H and O–H groups in total. The molecule has 1 aromatic rings. The summed E-state index contributed by atoms with van der Waals surface area (Å²) in [5, 5.41) is 9.86. The number of aryl methyl sites for hydroxylation is 1. The summed E-state index contributed by atoms with van der Waals surface area (Å²) in [6.07, 6.45) is 2.31.